The van der Waals surface area contributed by atoms with Crippen molar-refractivity contribution in [1.82, 2.24) is 19.7 Å². The van der Waals surface area contributed by atoms with E-state index >= 15 is 0 Å². The quantitative estimate of drug-likeness (QED) is 0.893. The zero-order valence-electron chi connectivity index (χ0n) is 13.6. The lowest BCUT2D eigenvalue weighted by atomic mass is 10.2. The van der Waals surface area contributed by atoms with Gasteiger partial charge in [0.25, 0.3) is 0 Å². The lowest BCUT2D eigenvalue weighted by molar-refractivity contribution is -0.126. The van der Waals surface area contributed by atoms with Crippen LogP contribution in [0, 0.1) is 18.3 Å². The molecular formula is C16H18N6O2. The van der Waals surface area contributed by atoms with Crippen LogP contribution in [0.4, 0.5) is 5.82 Å². The summed E-state index contributed by atoms with van der Waals surface area (Å²) < 4.78 is 6.95. The Morgan fingerprint density at radius 3 is 3.00 bits per heavy atom. The van der Waals surface area contributed by atoms with Crippen molar-refractivity contribution < 1.29 is 9.53 Å². The second-order valence-corrected chi connectivity index (χ2v) is 5.68. The van der Waals surface area contributed by atoms with Crippen molar-refractivity contribution in [2.24, 2.45) is 0 Å². The predicted molar refractivity (Wildman–Crippen MR) is 86.7 cm³/mol. The van der Waals surface area contributed by atoms with E-state index < -0.39 is 0 Å². The summed E-state index contributed by atoms with van der Waals surface area (Å²) in [5, 5.41) is 16.0. The first-order valence-electron chi connectivity index (χ1n) is 7.60. The second-order valence-electron chi connectivity index (χ2n) is 5.68. The smallest absolute Gasteiger partial charge is 0.245 e. The molecule has 24 heavy (non-hydrogen) atoms. The van der Waals surface area contributed by atoms with Crippen molar-refractivity contribution in [3.05, 3.63) is 35.7 Å². The van der Waals surface area contributed by atoms with Crippen LogP contribution in [0.5, 0.6) is 0 Å². The van der Waals surface area contributed by atoms with Gasteiger partial charge in [0.05, 0.1) is 18.8 Å². The Kier molecular flexibility index (Phi) is 4.55. The minimum atomic E-state index is -0.323. The van der Waals surface area contributed by atoms with Gasteiger partial charge in [-0.15, -0.1) is 5.10 Å². The maximum atomic E-state index is 12.4. The van der Waals surface area contributed by atoms with Gasteiger partial charge in [-0.1, -0.05) is 0 Å². The van der Waals surface area contributed by atoms with E-state index in [0.717, 1.165) is 12.1 Å². The molecule has 8 heteroatoms. The van der Waals surface area contributed by atoms with Crippen molar-refractivity contribution in [3.63, 3.8) is 0 Å². The highest BCUT2D eigenvalue weighted by Gasteiger charge is 2.27. The third-order valence-corrected chi connectivity index (χ3v) is 3.95. The number of amides is 1. The number of carbonyl (C=O) groups is 1. The molecule has 0 aromatic carbocycles. The van der Waals surface area contributed by atoms with E-state index in [1.807, 2.05) is 24.9 Å². The molecule has 0 spiro atoms. The molecule has 0 saturated carbocycles. The Labute approximate surface area is 139 Å². The van der Waals surface area contributed by atoms with E-state index in [1.165, 1.54) is 6.20 Å². The summed E-state index contributed by atoms with van der Waals surface area (Å²) in [5.41, 5.74) is 1.31. The number of pyridine rings is 1. The Bertz CT molecular complexity index is 777. The molecule has 2 aromatic heterocycles. The molecule has 0 radical (unpaired) electrons. The summed E-state index contributed by atoms with van der Waals surface area (Å²) in [5.74, 6) is 0.930. The van der Waals surface area contributed by atoms with Crippen molar-refractivity contribution in [2.45, 2.75) is 13.0 Å². The Morgan fingerprint density at radius 1 is 1.50 bits per heavy atom. The number of morpholine rings is 1. The number of aryl methyl sites for hydroxylation is 1. The number of hydrogen-bond acceptors (Lipinski definition) is 6. The lowest BCUT2D eigenvalue weighted by Gasteiger charge is -2.30. The monoisotopic (exact) mass is 326 g/mol. The normalized spacial score (nSPS) is 18.1. The highest BCUT2D eigenvalue weighted by Crippen LogP contribution is 2.16. The molecule has 3 rings (SSSR count). The maximum absolute atomic E-state index is 12.4. The predicted octanol–water partition coefficient (Wildman–Crippen LogP) is 0.716. The molecule has 3 heterocycles. The minimum absolute atomic E-state index is 0.140. The Hall–Kier alpha value is -2.76. The average Bonchev–Trinajstić information content (AvgIpc) is 2.96. The molecule has 124 valence electrons. The number of carbonyl (C=O) groups excluding carboxylic acids is 1. The number of nitriles is 1. The molecule has 0 bridgehead atoms. The second kappa shape index (κ2) is 6.78. The summed E-state index contributed by atoms with van der Waals surface area (Å²) in [6.45, 7) is 3.60. The van der Waals surface area contributed by atoms with Crippen molar-refractivity contribution in [2.75, 3.05) is 32.1 Å². The van der Waals surface area contributed by atoms with Crippen LogP contribution in [0.15, 0.2) is 24.5 Å². The summed E-state index contributed by atoms with van der Waals surface area (Å²) in [7, 11) is 1.90. The fourth-order valence-corrected chi connectivity index (χ4v) is 2.45. The Morgan fingerprint density at radius 2 is 2.33 bits per heavy atom. The average molecular weight is 326 g/mol. The summed E-state index contributed by atoms with van der Waals surface area (Å²) in [6.07, 6.45) is 3.27. The van der Waals surface area contributed by atoms with Crippen LogP contribution in [-0.4, -0.2) is 58.4 Å². The van der Waals surface area contributed by atoms with E-state index in [-0.39, 0.29) is 11.9 Å². The number of aromatic nitrogens is 3. The minimum Gasteiger partial charge on any atom is -0.378 e. The van der Waals surface area contributed by atoms with E-state index in [2.05, 4.69) is 15.4 Å². The van der Waals surface area contributed by atoms with Gasteiger partial charge in [-0.05, 0) is 26.1 Å². The lowest BCUT2D eigenvalue weighted by Crippen LogP contribution is -2.49. The molecule has 1 N–H and O–H groups in total. The van der Waals surface area contributed by atoms with Gasteiger partial charge >= 0.3 is 0 Å². The molecular weight excluding hydrogens is 308 g/mol. The highest BCUT2D eigenvalue weighted by molar-refractivity contribution is 5.94. The molecule has 8 nitrogen and oxygen atoms in total. The largest absolute Gasteiger partial charge is 0.378 e. The first-order chi connectivity index (χ1) is 11.6. The SMILES string of the molecule is Cc1cn(-c2ccc(C#N)cn2)nc1NC(=O)C1COCCN1C. The third-order valence-electron chi connectivity index (χ3n) is 3.95. The number of likely N-dealkylation sites (N-methyl/N-ethyl adjacent to an activating group) is 1. The molecule has 1 aliphatic rings. The standard InChI is InChI=1S/C16H18N6O2/c1-11-9-22(14-4-3-12(7-17)8-18-14)20-15(11)19-16(23)13-10-24-6-5-21(13)2/h3-4,8-9,13H,5-6,10H2,1-2H3,(H,19,20,23). The molecule has 1 fully saturated rings. The molecule has 2 aromatic rings. The van der Waals surface area contributed by atoms with Crippen molar-refractivity contribution >= 4 is 11.7 Å². The summed E-state index contributed by atoms with van der Waals surface area (Å²) in [6, 6.07) is 5.08. The van der Waals surface area contributed by atoms with Crippen LogP contribution >= 0.6 is 0 Å². The third kappa shape index (κ3) is 3.27. The van der Waals surface area contributed by atoms with Crippen LogP contribution in [0.3, 0.4) is 0 Å². The number of rotatable bonds is 3. The number of nitrogens with zero attached hydrogens (tertiary/aromatic N) is 5. The van der Waals surface area contributed by atoms with E-state index in [1.54, 1.807) is 23.0 Å². The van der Waals surface area contributed by atoms with Gasteiger partial charge < -0.3 is 10.1 Å². The van der Waals surface area contributed by atoms with Gasteiger partial charge in [0, 0.05) is 24.5 Å². The first-order valence-corrected chi connectivity index (χ1v) is 7.60. The first kappa shape index (κ1) is 16.1. The molecule has 1 unspecified atom stereocenters. The van der Waals surface area contributed by atoms with Crippen molar-refractivity contribution in [1.29, 1.82) is 5.26 Å². The fourth-order valence-electron chi connectivity index (χ4n) is 2.45. The van der Waals surface area contributed by atoms with Crippen LogP contribution in [-0.2, 0) is 9.53 Å². The van der Waals surface area contributed by atoms with Gasteiger partial charge in [-0.3, -0.25) is 9.69 Å². The van der Waals surface area contributed by atoms with E-state index in [0.29, 0.717) is 30.4 Å². The molecule has 1 amide bonds. The van der Waals surface area contributed by atoms with E-state index in [4.69, 9.17) is 10.00 Å². The van der Waals surface area contributed by atoms with E-state index in [9.17, 15) is 4.79 Å². The van der Waals surface area contributed by atoms with Crippen molar-refractivity contribution in [3.8, 4) is 11.9 Å². The molecule has 1 saturated heterocycles. The van der Waals surface area contributed by atoms with Gasteiger partial charge in [0.15, 0.2) is 11.6 Å². The number of hydrogen-bond donors (Lipinski definition) is 1. The number of ether oxygens (including phenoxy) is 1. The summed E-state index contributed by atoms with van der Waals surface area (Å²) in [4.78, 5) is 18.6. The van der Waals surface area contributed by atoms with Gasteiger partial charge in [0.1, 0.15) is 12.1 Å². The number of anilines is 1. The Balaban J connectivity index is 1.76. The van der Waals surface area contributed by atoms with Gasteiger partial charge in [0.2, 0.25) is 5.91 Å². The zero-order valence-corrected chi connectivity index (χ0v) is 13.6. The highest BCUT2D eigenvalue weighted by atomic mass is 16.5. The topological polar surface area (TPSA) is 96.1 Å². The van der Waals surface area contributed by atoms with Crippen LogP contribution in [0.2, 0.25) is 0 Å². The number of nitrogens with one attached hydrogen (secondary N) is 1. The molecule has 1 aliphatic heterocycles. The van der Waals surface area contributed by atoms with Crippen LogP contribution in [0.1, 0.15) is 11.1 Å². The van der Waals surface area contributed by atoms with Gasteiger partial charge in [-0.25, -0.2) is 9.67 Å². The zero-order chi connectivity index (χ0) is 17.1. The molecule has 1 atom stereocenters. The fraction of sp³-hybridized carbons (Fsp3) is 0.375. The van der Waals surface area contributed by atoms with Gasteiger partial charge in [-0.2, -0.15) is 5.26 Å². The van der Waals surface area contributed by atoms with Crippen LogP contribution in [0.25, 0.3) is 5.82 Å². The summed E-state index contributed by atoms with van der Waals surface area (Å²) >= 11 is 0. The molecule has 0 aliphatic carbocycles. The van der Waals surface area contributed by atoms with Crippen LogP contribution < -0.4 is 5.32 Å². The maximum Gasteiger partial charge on any atom is 0.245 e.